The number of piperidine rings is 1. The third kappa shape index (κ3) is 4.70. The van der Waals surface area contributed by atoms with E-state index < -0.39 is 10.0 Å². The number of amides is 2. The monoisotopic (exact) mass is 398 g/mol. The summed E-state index contributed by atoms with van der Waals surface area (Å²) in [5.74, 6) is -0.250. The maximum Gasteiger partial charge on any atom is 0.317 e. The number of hydrogen-bond donors (Lipinski definition) is 1. The summed E-state index contributed by atoms with van der Waals surface area (Å²) in [6, 6.07) is 6.48. The molecular formula is C18H27FN4O3S. The maximum atomic E-state index is 14.0. The minimum absolute atomic E-state index is 0.0210. The third-order valence-electron chi connectivity index (χ3n) is 5.33. The van der Waals surface area contributed by atoms with Crippen LogP contribution in [-0.2, 0) is 10.0 Å². The van der Waals surface area contributed by atoms with Crippen LogP contribution in [0, 0.1) is 5.82 Å². The number of rotatable bonds is 3. The van der Waals surface area contributed by atoms with Gasteiger partial charge < -0.3 is 15.1 Å². The fraction of sp³-hybridized carbons (Fsp3) is 0.611. The molecule has 0 spiro atoms. The van der Waals surface area contributed by atoms with Gasteiger partial charge in [0.25, 0.3) is 0 Å². The third-order valence-corrected chi connectivity index (χ3v) is 6.64. The van der Waals surface area contributed by atoms with Gasteiger partial charge in [-0.3, -0.25) is 0 Å². The largest absolute Gasteiger partial charge is 0.365 e. The Morgan fingerprint density at radius 1 is 1.15 bits per heavy atom. The molecule has 1 N–H and O–H groups in total. The molecule has 1 aromatic carbocycles. The van der Waals surface area contributed by atoms with Crippen LogP contribution in [0.25, 0.3) is 0 Å². The molecule has 7 nitrogen and oxygen atoms in total. The quantitative estimate of drug-likeness (QED) is 0.837. The normalized spacial score (nSPS) is 22.7. The molecule has 0 radical (unpaired) electrons. The van der Waals surface area contributed by atoms with Crippen LogP contribution in [0.3, 0.4) is 0 Å². The minimum Gasteiger partial charge on any atom is -0.365 e. The minimum atomic E-state index is -3.17. The zero-order valence-corrected chi connectivity index (χ0v) is 16.6. The van der Waals surface area contributed by atoms with Crippen molar-refractivity contribution in [3.8, 4) is 0 Å². The molecule has 2 amide bonds. The van der Waals surface area contributed by atoms with Crippen molar-refractivity contribution in [2.75, 3.05) is 43.9 Å². The van der Waals surface area contributed by atoms with E-state index in [-0.39, 0.29) is 23.9 Å². The van der Waals surface area contributed by atoms with Gasteiger partial charge in [-0.1, -0.05) is 12.1 Å². The number of carbonyl (C=O) groups is 1. The molecule has 3 rings (SSSR count). The number of halogens is 1. The van der Waals surface area contributed by atoms with Crippen LogP contribution in [0.1, 0.15) is 19.8 Å². The summed E-state index contributed by atoms with van der Waals surface area (Å²) in [5, 5.41) is 3.03. The van der Waals surface area contributed by atoms with E-state index >= 15 is 0 Å². The zero-order chi connectivity index (χ0) is 19.6. The van der Waals surface area contributed by atoms with Gasteiger partial charge >= 0.3 is 6.03 Å². The summed E-state index contributed by atoms with van der Waals surface area (Å²) in [7, 11) is -3.17. The topological polar surface area (TPSA) is 73.0 Å². The van der Waals surface area contributed by atoms with E-state index in [1.807, 2.05) is 17.9 Å². The first-order valence-corrected chi connectivity index (χ1v) is 11.1. The van der Waals surface area contributed by atoms with Crippen LogP contribution >= 0.6 is 0 Å². The lowest BCUT2D eigenvalue weighted by atomic mass is 10.1. The Morgan fingerprint density at radius 2 is 1.81 bits per heavy atom. The highest BCUT2D eigenvalue weighted by Gasteiger charge is 2.31. The molecule has 0 bridgehead atoms. The number of nitrogens with one attached hydrogen (secondary N) is 1. The zero-order valence-electron chi connectivity index (χ0n) is 15.8. The highest BCUT2D eigenvalue weighted by atomic mass is 32.2. The molecule has 1 aromatic rings. The van der Waals surface area contributed by atoms with Crippen LogP contribution in [0.15, 0.2) is 24.3 Å². The van der Waals surface area contributed by atoms with E-state index in [0.717, 1.165) is 0 Å². The van der Waals surface area contributed by atoms with Gasteiger partial charge in [0.05, 0.1) is 11.9 Å². The second-order valence-corrected chi connectivity index (χ2v) is 9.31. The van der Waals surface area contributed by atoms with Crippen LogP contribution in [0.4, 0.5) is 14.9 Å². The molecule has 2 saturated heterocycles. The summed E-state index contributed by atoms with van der Waals surface area (Å²) < 4.78 is 38.6. The van der Waals surface area contributed by atoms with E-state index in [4.69, 9.17) is 0 Å². The molecule has 0 unspecified atom stereocenters. The molecule has 2 aliphatic heterocycles. The van der Waals surface area contributed by atoms with Crippen molar-refractivity contribution in [2.45, 2.75) is 31.8 Å². The highest BCUT2D eigenvalue weighted by molar-refractivity contribution is 7.88. The fourth-order valence-electron chi connectivity index (χ4n) is 3.78. The van der Waals surface area contributed by atoms with Crippen molar-refractivity contribution in [2.24, 2.45) is 0 Å². The van der Waals surface area contributed by atoms with Crippen LogP contribution < -0.4 is 10.2 Å². The van der Waals surface area contributed by atoms with Gasteiger partial charge in [0, 0.05) is 44.8 Å². The summed E-state index contributed by atoms with van der Waals surface area (Å²) in [5.41, 5.74) is 0.567. The number of anilines is 1. The van der Waals surface area contributed by atoms with E-state index in [1.165, 1.54) is 16.6 Å². The average molecular weight is 399 g/mol. The lowest BCUT2D eigenvalue weighted by molar-refractivity contribution is 0.163. The number of benzene rings is 1. The average Bonchev–Trinajstić information content (AvgIpc) is 2.61. The molecule has 0 aliphatic carbocycles. The van der Waals surface area contributed by atoms with E-state index in [0.29, 0.717) is 51.3 Å². The smallest absolute Gasteiger partial charge is 0.317 e. The SMILES string of the molecule is C[C@@H]1CN(c2ccccc2F)CCN1C(=O)NC1CCN(S(C)(=O)=O)CC1. The molecule has 2 aliphatic rings. The van der Waals surface area contributed by atoms with E-state index in [1.54, 1.807) is 17.0 Å². The van der Waals surface area contributed by atoms with Gasteiger partial charge in [-0.05, 0) is 31.9 Å². The Bertz CT molecular complexity index is 781. The number of para-hydroxylation sites is 1. The Morgan fingerprint density at radius 3 is 2.41 bits per heavy atom. The molecule has 150 valence electrons. The van der Waals surface area contributed by atoms with Crippen LogP contribution in [0.5, 0.6) is 0 Å². The summed E-state index contributed by atoms with van der Waals surface area (Å²) in [4.78, 5) is 16.4. The number of hydrogen-bond acceptors (Lipinski definition) is 4. The second-order valence-electron chi connectivity index (χ2n) is 7.33. The van der Waals surface area contributed by atoms with Crippen molar-refractivity contribution >= 4 is 21.7 Å². The van der Waals surface area contributed by atoms with Crippen molar-refractivity contribution in [1.82, 2.24) is 14.5 Å². The molecule has 2 heterocycles. The van der Waals surface area contributed by atoms with Crippen LogP contribution in [-0.4, -0.2) is 74.7 Å². The first-order valence-electron chi connectivity index (χ1n) is 9.27. The maximum absolute atomic E-state index is 14.0. The molecule has 2 fully saturated rings. The Hall–Kier alpha value is -1.87. The van der Waals surface area contributed by atoms with Gasteiger partial charge in [-0.25, -0.2) is 21.9 Å². The Balaban J connectivity index is 1.53. The first-order chi connectivity index (χ1) is 12.8. The molecule has 27 heavy (non-hydrogen) atoms. The van der Waals surface area contributed by atoms with E-state index in [9.17, 15) is 17.6 Å². The number of nitrogens with zero attached hydrogens (tertiary/aromatic N) is 3. The standard InChI is InChI=1S/C18H27FN4O3S/c1-14-13-21(17-6-4-3-5-16(17)19)11-12-23(14)18(24)20-15-7-9-22(10-8-15)27(2,25)26/h3-6,14-15H,7-13H2,1-2H3,(H,20,24)/t14-/m1/s1. The van der Waals surface area contributed by atoms with Crippen molar-refractivity contribution < 1.29 is 17.6 Å². The lowest BCUT2D eigenvalue weighted by Gasteiger charge is -2.42. The first kappa shape index (κ1) is 19.9. The van der Waals surface area contributed by atoms with Gasteiger partial charge in [0.2, 0.25) is 10.0 Å². The second kappa shape index (κ2) is 8.02. The van der Waals surface area contributed by atoms with Crippen LogP contribution in [0.2, 0.25) is 0 Å². The van der Waals surface area contributed by atoms with Gasteiger partial charge in [0.1, 0.15) is 5.82 Å². The van der Waals surface area contributed by atoms with Crippen molar-refractivity contribution in [3.05, 3.63) is 30.1 Å². The van der Waals surface area contributed by atoms with Gasteiger partial charge in [0.15, 0.2) is 0 Å². The molecule has 0 saturated carbocycles. The van der Waals surface area contributed by atoms with Gasteiger partial charge in [-0.15, -0.1) is 0 Å². The highest BCUT2D eigenvalue weighted by Crippen LogP contribution is 2.22. The molecular weight excluding hydrogens is 371 g/mol. The number of piperazine rings is 1. The number of urea groups is 1. The lowest BCUT2D eigenvalue weighted by Crippen LogP contribution is -2.58. The summed E-state index contributed by atoms with van der Waals surface area (Å²) in [6.45, 7) is 4.48. The van der Waals surface area contributed by atoms with Crippen molar-refractivity contribution in [1.29, 1.82) is 0 Å². The summed E-state index contributed by atoms with van der Waals surface area (Å²) >= 11 is 0. The van der Waals surface area contributed by atoms with Gasteiger partial charge in [-0.2, -0.15) is 0 Å². The number of carbonyl (C=O) groups excluding carboxylic acids is 1. The fourth-order valence-corrected chi connectivity index (χ4v) is 4.65. The molecule has 9 heteroatoms. The summed E-state index contributed by atoms with van der Waals surface area (Å²) in [6.07, 6.45) is 2.44. The Labute approximate surface area is 160 Å². The van der Waals surface area contributed by atoms with E-state index in [2.05, 4.69) is 5.32 Å². The predicted molar refractivity (Wildman–Crippen MR) is 103 cm³/mol. The Kier molecular flexibility index (Phi) is 5.90. The predicted octanol–water partition coefficient (Wildman–Crippen LogP) is 1.47. The number of sulfonamides is 1. The molecule has 0 aromatic heterocycles. The van der Waals surface area contributed by atoms with Crippen molar-refractivity contribution in [3.63, 3.8) is 0 Å². The molecule has 1 atom stereocenters.